The third-order valence-corrected chi connectivity index (χ3v) is 3.49. The number of ether oxygens (including phenoxy) is 2. The molecule has 1 aromatic rings. The van der Waals surface area contributed by atoms with Crippen LogP contribution in [0.25, 0.3) is 0 Å². The number of rotatable bonds is 7. The molecule has 9 nitrogen and oxygen atoms in total. The van der Waals surface area contributed by atoms with Crippen LogP contribution in [0.2, 0.25) is 0 Å². The molecule has 1 aromatic heterocycles. The maximum Gasteiger partial charge on any atom is 0.412 e. The molecule has 0 spiro atoms. The summed E-state index contributed by atoms with van der Waals surface area (Å²) in [5, 5.41) is 15.4. The van der Waals surface area contributed by atoms with Gasteiger partial charge in [0.15, 0.2) is 12.0 Å². The molecule has 128 valence electrons. The lowest BCUT2D eigenvalue weighted by atomic mass is 10.2. The molecule has 9 heteroatoms. The SMILES string of the molecule is CCCCCOC(=O)Nc1cnn(C2CCC(CO)O2)c(=O)n1. The van der Waals surface area contributed by atoms with Crippen molar-refractivity contribution in [3.05, 3.63) is 16.7 Å². The number of aliphatic hydroxyl groups is 1. The second-order valence-corrected chi connectivity index (χ2v) is 5.31. The summed E-state index contributed by atoms with van der Waals surface area (Å²) >= 11 is 0. The maximum atomic E-state index is 12.0. The first-order valence-electron chi connectivity index (χ1n) is 7.80. The zero-order valence-corrected chi connectivity index (χ0v) is 13.1. The molecule has 1 aliphatic heterocycles. The van der Waals surface area contributed by atoms with E-state index in [2.05, 4.69) is 22.3 Å². The molecule has 23 heavy (non-hydrogen) atoms. The zero-order chi connectivity index (χ0) is 16.7. The van der Waals surface area contributed by atoms with Gasteiger partial charge in [-0.25, -0.2) is 9.59 Å². The van der Waals surface area contributed by atoms with Gasteiger partial charge in [-0.3, -0.25) is 5.32 Å². The van der Waals surface area contributed by atoms with Gasteiger partial charge in [-0.2, -0.15) is 14.8 Å². The van der Waals surface area contributed by atoms with Gasteiger partial charge in [0, 0.05) is 0 Å². The van der Waals surface area contributed by atoms with E-state index in [0.29, 0.717) is 19.4 Å². The van der Waals surface area contributed by atoms with Crippen molar-refractivity contribution in [1.82, 2.24) is 14.8 Å². The van der Waals surface area contributed by atoms with E-state index >= 15 is 0 Å². The molecule has 1 amide bonds. The van der Waals surface area contributed by atoms with Crippen LogP contribution in [0.5, 0.6) is 0 Å². The first-order chi connectivity index (χ1) is 11.1. The smallest absolute Gasteiger partial charge is 0.412 e. The summed E-state index contributed by atoms with van der Waals surface area (Å²) in [7, 11) is 0. The third kappa shape index (κ3) is 5.00. The van der Waals surface area contributed by atoms with E-state index in [1.54, 1.807) is 0 Å². The highest BCUT2D eigenvalue weighted by Crippen LogP contribution is 2.25. The minimum atomic E-state index is -0.662. The van der Waals surface area contributed by atoms with Crippen molar-refractivity contribution < 1.29 is 19.4 Å². The molecule has 0 aromatic carbocycles. The Bertz CT molecular complexity index is 577. The highest BCUT2D eigenvalue weighted by Gasteiger charge is 2.27. The summed E-state index contributed by atoms with van der Waals surface area (Å²) < 4.78 is 11.5. The third-order valence-electron chi connectivity index (χ3n) is 3.49. The number of nitrogens with one attached hydrogen (secondary N) is 1. The van der Waals surface area contributed by atoms with Crippen molar-refractivity contribution in [3.8, 4) is 0 Å². The first-order valence-corrected chi connectivity index (χ1v) is 7.80. The number of aliphatic hydroxyl groups excluding tert-OH is 1. The van der Waals surface area contributed by atoms with Crippen LogP contribution in [0.4, 0.5) is 10.6 Å². The van der Waals surface area contributed by atoms with E-state index in [9.17, 15) is 9.59 Å². The predicted octanol–water partition coefficient (Wildman–Crippen LogP) is 1.05. The van der Waals surface area contributed by atoms with Crippen LogP contribution < -0.4 is 11.0 Å². The molecule has 2 rings (SSSR count). The number of hydrogen-bond donors (Lipinski definition) is 2. The Hall–Kier alpha value is -2.00. The van der Waals surface area contributed by atoms with Crippen molar-refractivity contribution in [1.29, 1.82) is 0 Å². The van der Waals surface area contributed by atoms with Gasteiger partial charge in [-0.05, 0) is 19.3 Å². The van der Waals surface area contributed by atoms with Gasteiger partial charge < -0.3 is 14.6 Å². The van der Waals surface area contributed by atoms with Gasteiger partial charge >= 0.3 is 11.8 Å². The van der Waals surface area contributed by atoms with Gasteiger partial charge in [0.05, 0.1) is 25.5 Å². The van der Waals surface area contributed by atoms with Gasteiger partial charge in [-0.1, -0.05) is 19.8 Å². The Balaban J connectivity index is 1.89. The highest BCUT2D eigenvalue weighted by molar-refractivity contribution is 5.82. The van der Waals surface area contributed by atoms with E-state index in [1.165, 1.54) is 6.20 Å². The van der Waals surface area contributed by atoms with E-state index in [1.807, 2.05) is 0 Å². The van der Waals surface area contributed by atoms with Crippen molar-refractivity contribution in [2.75, 3.05) is 18.5 Å². The van der Waals surface area contributed by atoms with Crippen molar-refractivity contribution in [3.63, 3.8) is 0 Å². The van der Waals surface area contributed by atoms with E-state index in [-0.39, 0.29) is 18.5 Å². The molecule has 2 heterocycles. The quantitative estimate of drug-likeness (QED) is 0.719. The van der Waals surface area contributed by atoms with Crippen molar-refractivity contribution >= 4 is 11.9 Å². The molecule has 0 aliphatic carbocycles. The number of aromatic nitrogens is 3. The molecular formula is C14H22N4O5. The van der Waals surface area contributed by atoms with Crippen LogP contribution >= 0.6 is 0 Å². The van der Waals surface area contributed by atoms with Crippen LogP contribution in [-0.2, 0) is 9.47 Å². The number of nitrogens with zero attached hydrogens (tertiary/aromatic N) is 3. The molecular weight excluding hydrogens is 304 g/mol. The number of hydrogen-bond acceptors (Lipinski definition) is 7. The molecule has 1 fully saturated rings. The number of carbonyl (C=O) groups is 1. The highest BCUT2D eigenvalue weighted by atomic mass is 16.5. The Morgan fingerprint density at radius 3 is 3.00 bits per heavy atom. The summed E-state index contributed by atoms with van der Waals surface area (Å²) in [6.07, 6.45) is 3.82. The van der Waals surface area contributed by atoms with E-state index < -0.39 is 18.0 Å². The van der Waals surface area contributed by atoms with E-state index in [4.69, 9.17) is 14.6 Å². The van der Waals surface area contributed by atoms with E-state index in [0.717, 1.165) is 23.9 Å². The number of unbranched alkanes of at least 4 members (excludes halogenated alkanes) is 2. The summed E-state index contributed by atoms with van der Waals surface area (Å²) in [6.45, 7) is 2.28. The zero-order valence-electron chi connectivity index (χ0n) is 13.1. The molecule has 0 saturated carbocycles. The number of amides is 1. The summed E-state index contributed by atoms with van der Waals surface area (Å²) in [5.41, 5.74) is -0.627. The van der Waals surface area contributed by atoms with Gasteiger partial charge in [0.25, 0.3) is 0 Å². The fourth-order valence-corrected chi connectivity index (χ4v) is 2.27. The number of carbonyl (C=O) groups excluding carboxylic acids is 1. The minimum Gasteiger partial charge on any atom is -0.449 e. The molecule has 1 saturated heterocycles. The Labute approximate surface area is 133 Å². The minimum absolute atomic E-state index is 0.0310. The molecule has 1 aliphatic rings. The Morgan fingerprint density at radius 2 is 2.35 bits per heavy atom. The standard InChI is InChI=1S/C14H22N4O5/c1-2-3-4-7-22-14(21)17-11-8-15-18(13(20)16-11)12-6-5-10(9-19)23-12/h8,10,12,19H,2-7,9H2,1H3,(H,16,17,20,21). The van der Waals surface area contributed by atoms with Crippen LogP contribution in [0.15, 0.2) is 11.0 Å². The largest absolute Gasteiger partial charge is 0.449 e. The van der Waals surface area contributed by atoms with Gasteiger partial charge in [0.2, 0.25) is 0 Å². The Kier molecular flexibility index (Phi) is 6.48. The van der Waals surface area contributed by atoms with Crippen LogP contribution in [0.1, 0.15) is 45.3 Å². The lowest BCUT2D eigenvalue weighted by Crippen LogP contribution is -2.31. The predicted molar refractivity (Wildman–Crippen MR) is 81.0 cm³/mol. The van der Waals surface area contributed by atoms with Crippen molar-refractivity contribution in [2.24, 2.45) is 0 Å². The van der Waals surface area contributed by atoms with Gasteiger partial charge in [-0.15, -0.1) is 0 Å². The maximum absolute atomic E-state index is 12.0. The molecule has 2 N–H and O–H groups in total. The lowest BCUT2D eigenvalue weighted by Gasteiger charge is -2.13. The summed E-state index contributed by atoms with van der Waals surface area (Å²) in [4.78, 5) is 27.2. The summed E-state index contributed by atoms with van der Waals surface area (Å²) in [6, 6.07) is 0. The van der Waals surface area contributed by atoms with Gasteiger partial charge in [0.1, 0.15) is 0 Å². The monoisotopic (exact) mass is 326 g/mol. The molecule has 2 unspecified atom stereocenters. The molecule has 0 radical (unpaired) electrons. The fourth-order valence-electron chi connectivity index (χ4n) is 2.27. The lowest BCUT2D eigenvalue weighted by molar-refractivity contribution is -0.0312. The van der Waals surface area contributed by atoms with Crippen LogP contribution in [0.3, 0.4) is 0 Å². The summed E-state index contributed by atoms with van der Waals surface area (Å²) in [5.74, 6) is 0.0310. The molecule has 2 atom stereocenters. The number of anilines is 1. The Morgan fingerprint density at radius 1 is 1.52 bits per heavy atom. The normalized spacial score (nSPS) is 20.4. The first kappa shape index (κ1) is 17.4. The average Bonchev–Trinajstić information content (AvgIpc) is 3.00. The second kappa shape index (κ2) is 8.59. The van der Waals surface area contributed by atoms with Crippen LogP contribution in [-0.4, -0.2) is 45.3 Å². The molecule has 0 bridgehead atoms. The average molecular weight is 326 g/mol. The fraction of sp³-hybridized carbons (Fsp3) is 0.714. The second-order valence-electron chi connectivity index (χ2n) is 5.31. The van der Waals surface area contributed by atoms with Crippen LogP contribution in [0, 0.1) is 0 Å². The topological polar surface area (TPSA) is 116 Å². The van der Waals surface area contributed by atoms with Crippen molar-refractivity contribution in [2.45, 2.75) is 51.4 Å².